The van der Waals surface area contributed by atoms with Gasteiger partial charge in [0.15, 0.2) is 0 Å². The Kier molecular flexibility index (Phi) is 4.50. The number of nitrogens with two attached hydrogens (primary N) is 1. The van der Waals surface area contributed by atoms with Crippen molar-refractivity contribution >= 4 is 11.6 Å². The number of benzene rings is 1. The Labute approximate surface area is 133 Å². The second-order valence-electron chi connectivity index (χ2n) is 6.94. The second-order valence-corrected chi connectivity index (χ2v) is 6.94. The van der Waals surface area contributed by atoms with E-state index in [1.165, 1.54) is 12.0 Å². The lowest BCUT2D eigenvalue weighted by atomic mass is 9.92. The van der Waals surface area contributed by atoms with E-state index >= 15 is 0 Å². The van der Waals surface area contributed by atoms with Gasteiger partial charge in [-0.05, 0) is 57.2 Å². The number of carbonyl (C=O) groups is 1. The highest BCUT2D eigenvalue weighted by Crippen LogP contribution is 2.32. The molecule has 120 valence electrons. The van der Waals surface area contributed by atoms with Gasteiger partial charge in [0.05, 0.1) is 6.54 Å². The summed E-state index contributed by atoms with van der Waals surface area (Å²) in [4.78, 5) is 17.1. The lowest BCUT2D eigenvalue weighted by Gasteiger charge is -2.35. The molecule has 1 fully saturated rings. The molecule has 0 spiro atoms. The second kappa shape index (κ2) is 6.39. The molecule has 2 aliphatic heterocycles. The molecule has 1 aromatic rings. The third-order valence-electron chi connectivity index (χ3n) is 5.12. The van der Waals surface area contributed by atoms with Crippen LogP contribution in [0.1, 0.15) is 32.3 Å². The molecule has 1 aromatic carbocycles. The predicted molar refractivity (Wildman–Crippen MR) is 89.9 cm³/mol. The maximum atomic E-state index is 12.8. The first kappa shape index (κ1) is 15.5. The van der Waals surface area contributed by atoms with Gasteiger partial charge in [-0.2, -0.15) is 0 Å². The Balaban J connectivity index is 1.67. The van der Waals surface area contributed by atoms with Gasteiger partial charge in [-0.3, -0.25) is 9.69 Å². The molecule has 4 heteroatoms. The summed E-state index contributed by atoms with van der Waals surface area (Å²) in [5, 5.41) is 0. The maximum Gasteiger partial charge on any atom is 0.241 e. The first-order chi connectivity index (χ1) is 10.6. The van der Waals surface area contributed by atoms with Crippen LogP contribution in [0.15, 0.2) is 24.3 Å². The normalized spacial score (nSPS) is 26.8. The summed E-state index contributed by atoms with van der Waals surface area (Å²) in [5.74, 6) is 0.743. The topological polar surface area (TPSA) is 49.6 Å². The van der Waals surface area contributed by atoms with Crippen molar-refractivity contribution in [3.05, 3.63) is 29.8 Å². The molecule has 2 aliphatic rings. The quantitative estimate of drug-likeness (QED) is 0.929. The number of hydrogen-bond donors (Lipinski definition) is 1. The minimum absolute atomic E-state index is 0.212. The molecule has 1 amide bonds. The minimum atomic E-state index is 0.212. The molecule has 3 rings (SSSR count). The minimum Gasteiger partial charge on any atom is -0.328 e. The summed E-state index contributed by atoms with van der Waals surface area (Å²) in [6, 6.07) is 8.74. The number of fused-ring (bicyclic) bond motifs is 1. The molecular weight excluding hydrogens is 274 g/mol. The monoisotopic (exact) mass is 301 g/mol. The Bertz CT molecular complexity index is 543. The Morgan fingerprint density at radius 1 is 1.41 bits per heavy atom. The highest BCUT2D eigenvalue weighted by Gasteiger charge is 2.32. The highest BCUT2D eigenvalue weighted by molar-refractivity contribution is 5.97. The Morgan fingerprint density at radius 3 is 2.95 bits per heavy atom. The van der Waals surface area contributed by atoms with E-state index in [1.807, 2.05) is 11.0 Å². The van der Waals surface area contributed by atoms with Crippen molar-refractivity contribution in [2.24, 2.45) is 11.7 Å². The van der Waals surface area contributed by atoms with E-state index < -0.39 is 0 Å². The van der Waals surface area contributed by atoms with Crippen molar-refractivity contribution in [1.29, 1.82) is 0 Å². The first-order valence-electron chi connectivity index (χ1n) is 8.44. The molecule has 3 atom stereocenters. The van der Waals surface area contributed by atoms with Crippen LogP contribution < -0.4 is 10.6 Å². The van der Waals surface area contributed by atoms with E-state index in [2.05, 4.69) is 36.9 Å². The van der Waals surface area contributed by atoms with Crippen LogP contribution in [-0.4, -0.2) is 42.5 Å². The fourth-order valence-electron chi connectivity index (χ4n) is 3.88. The van der Waals surface area contributed by atoms with Crippen LogP contribution in [-0.2, 0) is 11.2 Å². The Morgan fingerprint density at radius 2 is 2.18 bits per heavy atom. The van der Waals surface area contributed by atoms with Crippen LogP contribution >= 0.6 is 0 Å². The van der Waals surface area contributed by atoms with Crippen molar-refractivity contribution in [3.8, 4) is 0 Å². The van der Waals surface area contributed by atoms with Crippen LogP contribution in [0.3, 0.4) is 0 Å². The number of piperidine rings is 1. The van der Waals surface area contributed by atoms with Crippen molar-refractivity contribution in [2.45, 2.75) is 45.2 Å². The molecule has 3 unspecified atom stereocenters. The number of para-hydroxylation sites is 1. The van der Waals surface area contributed by atoms with Gasteiger partial charge in [0.2, 0.25) is 5.91 Å². The van der Waals surface area contributed by atoms with Gasteiger partial charge < -0.3 is 10.6 Å². The number of amides is 1. The number of rotatable bonds is 3. The summed E-state index contributed by atoms with van der Waals surface area (Å²) < 4.78 is 0. The van der Waals surface area contributed by atoms with Crippen molar-refractivity contribution in [3.63, 3.8) is 0 Å². The Hall–Kier alpha value is -1.39. The van der Waals surface area contributed by atoms with E-state index in [0.717, 1.165) is 31.6 Å². The van der Waals surface area contributed by atoms with Gasteiger partial charge in [0.25, 0.3) is 0 Å². The summed E-state index contributed by atoms with van der Waals surface area (Å²) >= 11 is 0. The lowest BCUT2D eigenvalue weighted by Crippen LogP contribution is -2.48. The molecule has 0 aromatic heterocycles. The highest BCUT2D eigenvalue weighted by atomic mass is 16.2. The SMILES string of the molecule is CC(N)C1CCCN(CC(=O)N2c3ccccc3CC2C)C1. The number of carbonyl (C=O) groups excluding carboxylic acids is 1. The summed E-state index contributed by atoms with van der Waals surface area (Å²) in [5.41, 5.74) is 8.43. The number of nitrogens with zero attached hydrogens (tertiary/aromatic N) is 2. The van der Waals surface area contributed by atoms with E-state index in [0.29, 0.717) is 12.5 Å². The maximum absolute atomic E-state index is 12.8. The van der Waals surface area contributed by atoms with Crippen molar-refractivity contribution in [1.82, 2.24) is 4.90 Å². The molecule has 22 heavy (non-hydrogen) atoms. The first-order valence-corrected chi connectivity index (χ1v) is 8.44. The predicted octanol–water partition coefficient (Wildman–Crippen LogP) is 2.02. The molecule has 1 saturated heterocycles. The summed E-state index contributed by atoms with van der Waals surface area (Å²) in [6.07, 6.45) is 3.29. The van der Waals surface area contributed by atoms with Crippen LogP contribution in [0, 0.1) is 5.92 Å². The third-order valence-corrected chi connectivity index (χ3v) is 5.12. The van der Waals surface area contributed by atoms with Gasteiger partial charge in [-0.1, -0.05) is 18.2 Å². The average molecular weight is 301 g/mol. The van der Waals surface area contributed by atoms with E-state index in [1.54, 1.807) is 0 Å². The van der Waals surface area contributed by atoms with Gasteiger partial charge in [-0.15, -0.1) is 0 Å². The smallest absolute Gasteiger partial charge is 0.241 e. The number of likely N-dealkylation sites (tertiary alicyclic amines) is 1. The van der Waals surface area contributed by atoms with E-state index in [-0.39, 0.29) is 18.0 Å². The zero-order valence-corrected chi connectivity index (χ0v) is 13.7. The molecule has 2 heterocycles. The zero-order valence-electron chi connectivity index (χ0n) is 13.7. The fraction of sp³-hybridized carbons (Fsp3) is 0.611. The van der Waals surface area contributed by atoms with E-state index in [9.17, 15) is 4.79 Å². The van der Waals surface area contributed by atoms with Crippen LogP contribution in [0.5, 0.6) is 0 Å². The van der Waals surface area contributed by atoms with Crippen LogP contribution in [0.4, 0.5) is 5.69 Å². The summed E-state index contributed by atoms with van der Waals surface area (Å²) in [6.45, 7) is 6.70. The molecule has 0 saturated carbocycles. The summed E-state index contributed by atoms with van der Waals surface area (Å²) in [7, 11) is 0. The molecule has 4 nitrogen and oxygen atoms in total. The standard InChI is InChI=1S/C18H27N3O/c1-13-10-15-6-3-4-8-17(15)21(13)18(22)12-20-9-5-7-16(11-20)14(2)19/h3-4,6,8,13-14,16H,5,7,9-12,19H2,1-2H3. The van der Waals surface area contributed by atoms with E-state index in [4.69, 9.17) is 5.73 Å². The molecule has 0 aliphatic carbocycles. The van der Waals surface area contributed by atoms with Crippen molar-refractivity contribution < 1.29 is 4.79 Å². The largest absolute Gasteiger partial charge is 0.328 e. The number of anilines is 1. The number of hydrogen-bond acceptors (Lipinski definition) is 3. The van der Waals surface area contributed by atoms with Gasteiger partial charge in [-0.25, -0.2) is 0 Å². The van der Waals surface area contributed by atoms with Crippen LogP contribution in [0.25, 0.3) is 0 Å². The van der Waals surface area contributed by atoms with Crippen LogP contribution in [0.2, 0.25) is 0 Å². The molecule has 0 bridgehead atoms. The molecule has 0 radical (unpaired) electrons. The van der Waals surface area contributed by atoms with Gasteiger partial charge in [0, 0.05) is 24.3 Å². The van der Waals surface area contributed by atoms with Crippen molar-refractivity contribution in [2.75, 3.05) is 24.5 Å². The average Bonchev–Trinajstić information content (AvgIpc) is 2.83. The zero-order chi connectivity index (χ0) is 15.7. The molecular formula is C18H27N3O. The molecule has 2 N–H and O–H groups in total. The lowest BCUT2D eigenvalue weighted by molar-refractivity contribution is -0.120. The van der Waals surface area contributed by atoms with Gasteiger partial charge in [0.1, 0.15) is 0 Å². The third kappa shape index (κ3) is 3.03. The fourth-order valence-corrected chi connectivity index (χ4v) is 3.88. The van der Waals surface area contributed by atoms with Gasteiger partial charge >= 0.3 is 0 Å².